The molecule has 0 aliphatic rings. The van der Waals surface area contributed by atoms with Gasteiger partial charge in [0.25, 0.3) is 0 Å². The highest BCUT2D eigenvalue weighted by atomic mass is 15.4. The summed E-state index contributed by atoms with van der Waals surface area (Å²) in [6.07, 6.45) is 0. The van der Waals surface area contributed by atoms with Crippen molar-refractivity contribution in [2.45, 2.75) is 0 Å². The normalized spacial score (nSPS) is 9.00. The van der Waals surface area contributed by atoms with Crippen molar-refractivity contribution in [1.29, 1.82) is 0 Å². The maximum absolute atomic E-state index is 5.05. The molecule has 6 heteroatoms. The van der Waals surface area contributed by atoms with E-state index in [1.54, 1.807) is 0 Å². The van der Waals surface area contributed by atoms with Crippen LogP contribution in [0, 0.1) is 0 Å². The molecule has 0 saturated carbocycles. The first-order chi connectivity index (χ1) is 3.79. The molecule has 0 atom stereocenters. The summed E-state index contributed by atoms with van der Waals surface area (Å²) >= 11 is 0. The lowest BCUT2D eigenvalue weighted by molar-refractivity contribution is 0.842. The Balaban J connectivity index is 3.08. The van der Waals surface area contributed by atoms with Crippen molar-refractivity contribution in [1.82, 2.24) is 20.4 Å². The van der Waals surface area contributed by atoms with Gasteiger partial charge in [-0.2, -0.15) is 4.98 Å². The maximum atomic E-state index is 5.05. The number of aromatic nitrogens is 4. The minimum atomic E-state index is 0.0394. The van der Waals surface area contributed by atoms with Crippen molar-refractivity contribution in [3.8, 4) is 0 Å². The first-order valence-electron chi connectivity index (χ1n) is 1.87. The monoisotopic (exact) mass is 112 g/mol. The van der Waals surface area contributed by atoms with Crippen molar-refractivity contribution >= 4 is 11.9 Å². The van der Waals surface area contributed by atoms with Gasteiger partial charge in [0.05, 0.1) is 0 Å². The second-order valence-electron chi connectivity index (χ2n) is 1.12. The molecule has 0 spiro atoms. The number of hydrogen-bond acceptors (Lipinski definition) is 6. The topological polar surface area (TPSA) is 104 Å². The van der Waals surface area contributed by atoms with E-state index in [-0.39, 0.29) is 11.9 Å². The summed E-state index contributed by atoms with van der Waals surface area (Å²) in [5.74, 6) is 0.0787. The second kappa shape index (κ2) is 1.57. The molecule has 0 aromatic carbocycles. The van der Waals surface area contributed by atoms with Gasteiger partial charge in [-0.15, -0.1) is 0 Å². The Kier molecular flexibility index (Phi) is 0.918. The Morgan fingerprint density at radius 3 is 1.75 bits per heavy atom. The molecule has 1 aromatic heterocycles. The van der Waals surface area contributed by atoms with Gasteiger partial charge in [-0.05, 0) is 5.21 Å². The third kappa shape index (κ3) is 0.780. The quantitative estimate of drug-likeness (QED) is 0.420. The van der Waals surface area contributed by atoms with Crippen LogP contribution in [-0.2, 0) is 0 Å². The van der Waals surface area contributed by atoms with Crippen LogP contribution in [-0.4, -0.2) is 20.4 Å². The average molecular weight is 112 g/mol. The zero-order valence-corrected chi connectivity index (χ0v) is 3.94. The Morgan fingerprint density at radius 2 is 1.50 bits per heavy atom. The summed E-state index contributed by atoms with van der Waals surface area (Å²) in [4.78, 5) is 3.44. The molecule has 0 saturated heterocycles. The smallest absolute Gasteiger partial charge is 0.245 e. The van der Waals surface area contributed by atoms with Gasteiger partial charge in [0.15, 0.2) is 0 Å². The summed E-state index contributed by atoms with van der Waals surface area (Å²) in [5.41, 5.74) is 10.1. The Bertz CT molecular complexity index is 166. The van der Waals surface area contributed by atoms with Crippen molar-refractivity contribution in [3.05, 3.63) is 0 Å². The van der Waals surface area contributed by atoms with E-state index in [0.717, 1.165) is 0 Å². The van der Waals surface area contributed by atoms with Crippen LogP contribution in [0.15, 0.2) is 0 Å². The van der Waals surface area contributed by atoms with Gasteiger partial charge in [0.1, 0.15) is 0 Å². The molecular weight excluding hydrogens is 108 g/mol. The highest BCUT2D eigenvalue weighted by molar-refractivity contribution is 5.20. The van der Waals surface area contributed by atoms with Crippen LogP contribution in [0.25, 0.3) is 0 Å². The average Bonchev–Trinajstić information content (AvgIpc) is 1.64. The highest BCUT2D eigenvalue weighted by Crippen LogP contribution is 1.85. The highest BCUT2D eigenvalue weighted by Gasteiger charge is 1.88. The molecule has 0 unspecified atom stereocenters. The van der Waals surface area contributed by atoms with E-state index in [1.165, 1.54) is 0 Å². The van der Waals surface area contributed by atoms with Gasteiger partial charge in [-0.25, -0.2) is 0 Å². The van der Waals surface area contributed by atoms with E-state index in [9.17, 15) is 0 Å². The van der Waals surface area contributed by atoms with Gasteiger partial charge in [0.2, 0.25) is 11.9 Å². The maximum Gasteiger partial charge on any atom is 0.245 e. The van der Waals surface area contributed by atoms with Crippen LogP contribution < -0.4 is 11.5 Å². The van der Waals surface area contributed by atoms with Crippen LogP contribution in [0.2, 0.25) is 0 Å². The summed E-state index contributed by atoms with van der Waals surface area (Å²) < 4.78 is 0. The third-order valence-electron chi connectivity index (χ3n) is 0.523. The van der Waals surface area contributed by atoms with Gasteiger partial charge in [0, 0.05) is 0 Å². The summed E-state index contributed by atoms with van der Waals surface area (Å²) in [6, 6.07) is 0. The van der Waals surface area contributed by atoms with Crippen molar-refractivity contribution in [2.24, 2.45) is 0 Å². The molecule has 6 nitrogen and oxygen atoms in total. The van der Waals surface area contributed by atoms with E-state index in [2.05, 4.69) is 20.4 Å². The molecule has 0 fully saturated rings. The molecule has 4 N–H and O–H groups in total. The molecule has 0 aliphatic heterocycles. The molecule has 0 aliphatic carbocycles. The minimum absolute atomic E-state index is 0.0394. The molecule has 8 heavy (non-hydrogen) atoms. The summed E-state index contributed by atoms with van der Waals surface area (Å²) in [6.45, 7) is 0. The molecule has 1 aromatic rings. The molecular formula is C2H4N6. The third-order valence-corrected chi connectivity index (χ3v) is 0.523. The first kappa shape index (κ1) is 4.69. The van der Waals surface area contributed by atoms with Gasteiger partial charge in [-0.3, -0.25) is 0 Å². The summed E-state index contributed by atoms with van der Waals surface area (Å²) in [7, 11) is 0. The number of rotatable bonds is 0. The lowest BCUT2D eigenvalue weighted by atomic mass is 11.0. The molecule has 1 rings (SSSR count). The Hall–Kier alpha value is -1.46. The largest absolute Gasteiger partial charge is 0.366 e. The number of hydrogen-bond donors (Lipinski definition) is 2. The first-order valence-corrected chi connectivity index (χ1v) is 1.87. The predicted molar refractivity (Wildman–Crippen MR) is 26.4 cm³/mol. The minimum Gasteiger partial charge on any atom is -0.366 e. The Labute approximate surface area is 44.9 Å². The second-order valence-corrected chi connectivity index (χ2v) is 1.12. The van der Waals surface area contributed by atoms with E-state index >= 15 is 0 Å². The van der Waals surface area contributed by atoms with E-state index < -0.39 is 0 Å². The fraction of sp³-hybridized carbons (Fsp3) is 0. The molecule has 42 valence electrons. The van der Waals surface area contributed by atoms with E-state index in [0.29, 0.717) is 0 Å². The van der Waals surface area contributed by atoms with Crippen LogP contribution in [0.1, 0.15) is 0 Å². The van der Waals surface area contributed by atoms with E-state index in [1.807, 2.05) is 0 Å². The van der Waals surface area contributed by atoms with Gasteiger partial charge >= 0.3 is 0 Å². The lowest BCUT2D eigenvalue weighted by Crippen LogP contribution is -2.03. The number of nitrogens with zero attached hydrogens (tertiary/aromatic N) is 4. The number of nitrogen functional groups attached to an aromatic ring is 2. The molecule has 0 amide bonds. The lowest BCUT2D eigenvalue weighted by Gasteiger charge is -1.86. The summed E-state index contributed by atoms with van der Waals surface area (Å²) in [5, 5.41) is 9.70. The van der Waals surface area contributed by atoms with Crippen LogP contribution in [0.3, 0.4) is 0 Å². The van der Waals surface area contributed by atoms with Crippen LogP contribution in [0.5, 0.6) is 0 Å². The fourth-order valence-corrected chi connectivity index (χ4v) is 0.276. The molecule has 0 bridgehead atoms. The van der Waals surface area contributed by atoms with Crippen LogP contribution in [0.4, 0.5) is 11.9 Å². The zero-order chi connectivity index (χ0) is 5.98. The predicted octanol–water partition coefficient (Wildman–Crippen LogP) is -1.57. The van der Waals surface area contributed by atoms with Crippen molar-refractivity contribution < 1.29 is 0 Å². The van der Waals surface area contributed by atoms with Crippen LogP contribution >= 0.6 is 0 Å². The van der Waals surface area contributed by atoms with Crippen molar-refractivity contribution in [3.63, 3.8) is 0 Å². The fourth-order valence-electron chi connectivity index (χ4n) is 0.276. The Morgan fingerprint density at radius 1 is 1.00 bits per heavy atom. The number of nitrogens with two attached hydrogens (primary N) is 2. The zero-order valence-electron chi connectivity index (χ0n) is 3.94. The number of anilines is 2. The van der Waals surface area contributed by atoms with E-state index in [4.69, 9.17) is 11.5 Å². The van der Waals surface area contributed by atoms with Gasteiger partial charge in [-0.1, -0.05) is 10.2 Å². The van der Waals surface area contributed by atoms with Gasteiger partial charge < -0.3 is 11.5 Å². The van der Waals surface area contributed by atoms with Crippen molar-refractivity contribution in [2.75, 3.05) is 11.5 Å². The molecule has 0 radical (unpaired) electrons. The standard InChI is InChI=1S/C2H4N6/c3-1-5-2(4)7-8-6-1/h(H4,3,4,5,6,7). The SMILES string of the molecule is Nc1nnnc(N)n1. The molecule has 1 heterocycles.